The van der Waals surface area contributed by atoms with Crippen molar-refractivity contribution in [1.29, 1.82) is 0 Å². The van der Waals surface area contributed by atoms with E-state index in [1.807, 2.05) is 60.1 Å². The van der Waals surface area contributed by atoms with Gasteiger partial charge in [0.1, 0.15) is 18.9 Å². The predicted octanol–water partition coefficient (Wildman–Crippen LogP) is 4.42. The Morgan fingerprint density at radius 2 is 1.94 bits per heavy atom. The molecule has 4 aromatic rings. The number of para-hydroxylation sites is 1. The molecule has 0 unspecified atom stereocenters. The first-order chi connectivity index (χ1) is 15.3. The molecular formula is C23H18N4O3S. The van der Waals surface area contributed by atoms with Gasteiger partial charge in [-0.1, -0.05) is 18.2 Å². The lowest BCUT2D eigenvalue weighted by molar-refractivity contribution is -0.111. The maximum absolute atomic E-state index is 12.3. The number of carbonyl (C=O) groups excluding carboxylic acids is 1. The molecule has 7 nitrogen and oxygen atoms in total. The zero-order valence-corrected chi connectivity index (χ0v) is 17.2. The predicted molar refractivity (Wildman–Crippen MR) is 120 cm³/mol. The van der Waals surface area contributed by atoms with Crippen LogP contribution in [-0.2, 0) is 4.79 Å². The fraction of sp³-hybridized carbons (Fsp3) is 0.0870. The normalized spacial score (nSPS) is 12.8. The largest absolute Gasteiger partial charge is 0.486 e. The molecule has 1 aliphatic heterocycles. The van der Waals surface area contributed by atoms with Crippen molar-refractivity contribution in [3.8, 4) is 28.4 Å². The van der Waals surface area contributed by atoms with Gasteiger partial charge < -0.3 is 9.47 Å². The van der Waals surface area contributed by atoms with E-state index in [2.05, 4.69) is 10.3 Å². The topological polar surface area (TPSA) is 78.3 Å². The van der Waals surface area contributed by atoms with E-state index in [1.54, 1.807) is 17.0 Å². The maximum atomic E-state index is 12.3. The van der Waals surface area contributed by atoms with Crippen LogP contribution >= 0.6 is 11.3 Å². The van der Waals surface area contributed by atoms with Gasteiger partial charge in [0.15, 0.2) is 16.6 Å². The summed E-state index contributed by atoms with van der Waals surface area (Å²) in [6, 6.07) is 15.6. The first-order valence-electron chi connectivity index (χ1n) is 9.70. The quantitative estimate of drug-likeness (QED) is 0.474. The number of aromatic nitrogens is 3. The monoisotopic (exact) mass is 430 g/mol. The third-order valence-corrected chi connectivity index (χ3v) is 5.34. The van der Waals surface area contributed by atoms with Crippen LogP contribution < -0.4 is 14.8 Å². The maximum Gasteiger partial charge on any atom is 0.250 e. The Morgan fingerprint density at radius 1 is 1.10 bits per heavy atom. The van der Waals surface area contributed by atoms with E-state index in [0.717, 1.165) is 28.3 Å². The summed E-state index contributed by atoms with van der Waals surface area (Å²) in [4.78, 5) is 16.4. The van der Waals surface area contributed by atoms with Crippen molar-refractivity contribution in [1.82, 2.24) is 14.8 Å². The van der Waals surface area contributed by atoms with Crippen molar-refractivity contribution < 1.29 is 14.3 Å². The summed E-state index contributed by atoms with van der Waals surface area (Å²) in [6.45, 7) is 1.05. The number of anilines is 1. The highest BCUT2D eigenvalue weighted by Crippen LogP contribution is 2.35. The van der Waals surface area contributed by atoms with Gasteiger partial charge in [-0.25, -0.2) is 9.67 Å². The summed E-state index contributed by atoms with van der Waals surface area (Å²) in [5.74, 6) is 1.15. The van der Waals surface area contributed by atoms with Crippen molar-refractivity contribution in [3.05, 3.63) is 77.9 Å². The molecule has 8 heteroatoms. The van der Waals surface area contributed by atoms with Crippen LogP contribution in [0.15, 0.2) is 72.4 Å². The van der Waals surface area contributed by atoms with Crippen LogP contribution in [0.25, 0.3) is 23.0 Å². The van der Waals surface area contributed by atoms with Crippen LogP contribution in [0.5, 0.6) is 11.5 Å². The average Bonchev–Trinajstić information content (AvgIpc) is 3.48. The number of fused-ring (bicyclic) bond motifs is 1. The molecule has 0 radical (unpaired) electrons. The highest BCUT2D eigenvalue weighted by Gasteiger charge is 2.16. The number of benzene rings is 2. The van der Waals surface area contributed by atoms with E-state index in [1.165, 1.54) is 17.4 Å². The molecule has 3 heterocycles. The van der Waals surface area contributed by atoms with Crippen molar-refractivity contribution in [2.45, 2.75) is 0 Å². The summed E-state index contributed by atoms with van der Waals surface area (Å²) in [5.41, 5.74) is 3.33. The van der Waals surface area contributed by atoms with E-state index in [0.29, 0.717) is 24.1 Å². The van der Waals surface area contributed by atoms with E-state index < -0.39 is 0 Å². The molecule has 0 spiro atoms. The first-order valence-corrected chi connectivity index (χ1v) is 10.6. The molecular weight excluding hydrogens is 412 g/mol. The van der Waals surface area contributed by atoms with Crippen LogP contribution in [0, 0.1) is 0 Å². The zero-order chi connectivity index (χ0) is 21.0. The number of carbonyl (C=O) groups is 1. The van der Waals surface area contributed by atoms with Crippen LogP contribution in [0.1, 0.15) is 5.56 Å². The third kappa shape index (κ3) is 4.19. The number of nitrogens with zero attached hydrogens (tertiary/aromatic N) is 3. The minimum atomic E-state index is -0.254. The van der Waals surface area contributed by atoms with Gasteiger partial charge in [-0.05, 0) is 36.4 Å². The zero-order valence-electron chi connectivity index (χ0n) is 16.4. The molecule has 0 atom stereocenters. The Balaban J connectivity index is 1.50. The lowest BCUT2D eigenvalue weighted by atomic mass is 10.1. The number of nitrogens with one attached hydrogen (secondary N) is 1. The molecule has 154 valence electrons. The van der Waals surface area contributed by atoms with Gasteiger partial charge in [0.25, 0.3) is 0 Å². The molecule has 1 amide bonds. The smallest absolute Gasteiger partial charge is 0.250 e. The fourth-order valence-electron chi connectivity index (χ4n) is 3.23. The second-order valence-corrected chi connectivity index (χ2v) is 7.63. The molecule has 31 heavy (non-hydrogen) atoms. The summed E-state index contributed by atoms with van der Waals surface area (Å²) >= 11 is 1.37. The Labute approximate surface area is 182 Å². The Hall–Kier alpha value is -3.91. The summed E-state index contributed by atoms with van der Waals surface area (Å²) in [7, 11) is 0. The van der Waals surface area contributed by atoms with E-state index in [-0.39, 0.29) is 5.91 Å². The lowest BCUT2D eigenvalue weighted by Gasteiger charge is -2.18. The van der Waals surface area contributed by atoms with Crippen LogP contribution in [0.4, 0.5) is 5.13 Å². The number of hydrogen-bond acceptors (Lipinski definition) is 6. The van der Waals surface area contributed by atoms with Crippen molar-refractivity contribution in [2.75, 3.05) is 18.5 Å². The Bertz CT molecular complexity index is 1230. The number of ether oxygens (including phenoxy) is 2. The SMILES string of the molecule is O=C(C=Cc1cn(-c2ccccc2)nc1-c1ccc2c(c1)OCCO2)Nc1nccs1. The second kappa shape index (κ2) is 8.45. The average molecular weight is 430 g/mol. The molecule has 1 aliphatic rings. The first kappa shape index (κ1) is 19.1. The molecule has 5 rings (SSSR count). The van der Waals surface area contributed by atoms with Gasteiger partial charge in [-0.2, -0.15) is 5.10 Å². The van der Waals surface area contributed by atoms with E-state index >= 15 is 0 Å². The Kier molecular flexibility index (Phi) is 5.20. The number of thiazole rings is 1. The molecule has 0 fully saturated rings. The van der Waals surface area contributed by atoms with Crippen LogP contribution in [-0.4, -0.2) is 33.9 Å². The summed E-state index contributed by atoms with van der Waals surface area (Å²) < 4.78 is 13.1. The van der Waals surface area contributed by atoms with Gasteiger partial charge in [0.05, 0.1) is 5.69 Å². The minimum Gasteiger partial charge on any atom is -0.486 e. The van der Waals surface area contributed by atoms with E-state index in [4.69, 9.17) is 14.6 Å². The standard InChI is InChI=1S/C23H18N4O3S/c28-21(25-23-24-10-13-31-23)9-7-17-15-27(18-4-2-1-3-5-18)26-22(17)16-6-8-19-20(14-16)30-12-11-29-19/h1-10,13-15H,11-12H2,(H,24,25,28). The fourth-order valence-corrected chi connectivity index (χ4v) is 3.77. The number of amides is 1. The highest BCUT2D eigenvalue weighted by atomic mass is 32.1. The summed E-state index contributed by atoms with van der Waals surface area (Å²) in [6.07, 6.45) is 6.78. The van der Waals surface area contributed by atoms with Gasteiger partial charge >= 0.3 is 0 Å². The lowest BCUT2D eigenvalue weighted by Crippen LogP contribution is -2.15. The highest BCUT2D eigenvalue weighted by molar-refractivity contribution is 7.13. The van der Waals surface area contributed by atoms with Crippen LogP contribution in [0.2, 0.25) is 0 Å². The molecule has 0 saturated carbocycles. The Morgan fingerprint density at radius 3 is 2.74 bits per heavy atom. The van der Waals surface area contributed by atoms with Crippen molar-refractivity contribution in [2.24, 2.45) is 0 Å². The molecule has 0 saturated heterocycles. The third-order valence-electron chi connectivity index (χ3n) is 4.66. The minimum absolute atomic E-state index is 0.254. The second-order valence-electron chi connectivity index (χ2n) is 6.73. The van der Waals surface area contributed by atoms with Crippen molar-refractivity contribution in [3.63, 3.8) is 0 Å². The molecule has 2 aromatic carbocycles. The van der Waals surface area contributed by atoms with Gasteiger partial charge in [-0.15, -0.1) is 11.3 Å². The van der Waals surface area contributed by atoms with Gasteiger partial charge in [0, 0.05) is 35.0 Å². The van der Waals surface area contributed by atoms with Gasteiger partial charge in [-0.3, -0.25) is 10.1 Å². The molecule has 0 bridgehead atoms. The molecule has 1 N–H and O–H groups in total. The van der Waals surface area contributed by atoms with Gasteiger partial charge in [0.2, 0.25) is 5.91 Å². The number of hydrogen-bond donors (Lipinski definition) is 1. The summed E-state index contributed by atoms with van der Waals surface area (Å²) in [5, 5.41) is 9.89. The van der Waals surface area contributed by atoms with Crippen LogP contribution in [0.3, 0.4) is 0 Å². The van der Waals surface area contributed by atoms with Crippen molar-refractivity contribution >= 4 is 28.5 Å². The van der Waals surface area contributed by atoms with E-state index in [9.17, 15) is 4.79 Å². The molecule has 2 aromatic heterocycles. The molecule has 0 aliphatic carbocycles. The number of rotatable bonds is 5.